The Morgan fingerprint density at radius 2 is 1.12 bits per heavy atom. The minimum atomic E-state index is -1.33. The maximum atomic E-state index is 13.5. The number of nitrogens with one attached hydrogen (secondary N) is 2. The van der Waals surface area contributed by atoms with Gasteiger partial charge in [0.1, 0.15) is 5.75 Å². The Morgan fingerprint density at radius 3 is 1.50 bits per heavy atom. The van der Waals surface area contributed by atoms with E-state index in [1.807, 2.05) is 0 Å². The Labute approximate surface area is 190 Å². The van der Waals surface area contributed by atoms with Crippen LogP contribution in [0.5, 0.6) is 11.5 Å². The number of hydrogen-bond acceptors (Lipinski definition) is 6. The van der Waals surface area contributed by atoms with Crippen molar-refractivity contribution >= 4 is 58.5 Å². The summed E-state index contributed by atoms with van der Waals surface area (Å²) in [4.78, 5) is 52.2. The number of benzene rings is 2. The number of carbonyl (C=O) groups is 4. The molecule has 2 aliphatic heterocycles. The molecule has 10 nitrogen and oxygen atoms in total. The predicted octanol–water partition coefficient (Wildman–Crippen LogP) is 3.16. The summed E-state index contributed by atoms with van der Waals surface area (Å²) in [7, 11) is 0. The zero-order chi connectivity index (χ0) is 23.6. The lowest BCUT2D eigenvalue weighted by Crippen LogP contribution is -2.76. The van der Waals surface area contributed by atoms with Crippen molar-refractivity contribution in [2.45, 2.75) is 0 Å². The van der Waals surface area contributed by atoms with Crippen LogP contribution in [0, 0.1) is 0 Å². The van der Waals surface area contributed by atoms with Gasteiger partial charge in [-0.2, -0.15) is 9.59 Å². The van der Waals surface area contributed by atoms with E-state index in [9.17, 15) is 29.4 Å². The third-order valence-corrected chi connectivity index (χ3v) is 5.96. The summed E-state index contributed by atoms with van der Waals surface area (Å²) < 4.78 is -2.62. The SMILES string of the molecule is C=C1C(=O)NC(=O)[N+]1(c1ccc(O)cc1)[N+]1(c2cc(Cl)c(O)c(Cl)c2)C(=C)C(=O)NC1=O. The van der Waals surface area contributed by atoms with E-state index in [1.165, 1.54) is 24.3 Å². The zero-order valence-corrected chi connectivity index (χ0v) is 17.6. The van der Waals surface area contributed by atoms with Gasteiger partial charge < -0.3 is 10.2 Å². The smallest absolute Gasteiger partial charge is 0.483 e. The van der Waals surface area contributed by atoms with Crippen molar-refractivity contribution in [1.29, 1.82) is 0 Å². The molecular weight excluding hydrogens is 463 g/mol. The van der Waals surface area contributed by atoms with Gasteiger partial charge in [0.2, 0.25) is 5.69 Å². The molecule has 2 aliphatic rings. The molecule has 2 saturated heterocycles. The first kappa shape index (κ1) is 21.5. The second kappa shape index (κ2) is 6.90. The molecule has 4 N–H and O–H groups in total. The Morgan fingerprint density at radius 1 is 0.719 bits per heavy atom. The molecule has 12 heteroatoms. The number of halogens is 2. The maximum Gasteiger partial charge on any atom is 0.483 e. The number of rotatable bonds is 3. The lowest BCUT2D eigenvalue weighted by Gasteiger charge is -2.40. The highest BCUT2D eigenvalue weighted by atomic mass is 35.5. The van der Waals surface area contributed by atoms with E-state index in [0.717, 1.165) is 12.1 Å². The van der Waals surface area contributed by atoms with Crippen LogP contribution in [0.1, 0.15) is 0 Å². The fraction of sp³-hybridized carbons (Fsp3) is 0. The highest BCUT2D eigenvalue weighted by Gasteiger charge is 2.77. The summed E-state index contributed by atoms with van der Waals surface area (Å²) >= 11 is 12.2. The fourth-order valence-corrected chi connectivity index (χ4v) is 4.45. The van der Waals surface area contributed by atoms with Gasteiger partial charge in [0.05, 0.1) is 10.0 Å². The van der Waals surface area contributed by atoms with E-state index < -0.39 is 50.2 Å². The van der Waals surface area contributed by atoms with Crippen LogP contribution in [0.2, 0.25) is 10.0 Å². The number of phenolic OH excluding ortho intramolecular Hbond substituents is 2. The highest BCUT2D eigenvalue weighted by Crippen LogP contribution is 2.50. The summed E-state index contributed by atoms with van der Waals surface area (Å²) in [5.74, 6) is -2.49. The molecular formula is C20H14Cl2N4O6+2. The second-order valence-electron chi connectivity index (χ2n) is 6.96. The quantitative estimate of drug-likeness (QED) is 0.305. The molecule has 2 heterocycles. The van der Waals surface area contributed by atoms with Crippen molar-refractivity contribution in [3.63, 3.8) is 0 Å². The highest BCUT2D eigenvalue weighted by molar-refractivity contribution is 6.38. The van der Waals surface area contributed by atoms with Crippen molar-refractivity contribution in [3.8, 4) is 11.5 Å². The predicted molar refractivity (Wildman–Crippen MR) is 115 cm³/mol. The molecule has 0 aromatic heterocycles. The van der Waals surface area contributed by atoms with Crippen LogP contribution in [0.15, 0.2) is 61.0 Å². The van der Waals surface area contributed by atoms with Crippen molar-refractivity contribution in [2.24, 2.45) is 0 Å². The Bertz CT molecular complexity index is 1270. The van der Waals surface area contributed by atoms with E-state index in [1.54, 1.807) is 0 Å². The number of imide groups is 2. The first-order valence-corrected chi connectivity index (χ1v) is 9.62. The van der Waals surface area contributed by atoms with Crippen LogP contribution >= 0.6 is 23.2 Å². The van der Waals surface area contributed by atoms with Crippen molar-refractivity contribution in [2.75, 3.05) is 0 Å². The van der Waals surface area contributed by atoms with Gasteiger partial charge in [-0.05, 0) is 34.5 Å². The molecule has 6 amide bonds. The molecule has 0 radical (unpaired) electrons. The summed E-state index contributed by atoms with van der Waals surface area (Å²) in [6, 6.07) is 5.17. The molecule has 4 rings (SSSR count). The van der Waals surface area contributed by atoms with Gasteiger partial charge in [0.15, 0.2) is 11.4 Å². The van der Waals surface area contributed by atoms with E-state index in [0.29, 0.717) is 0 Å². The average Bonchev–Trinajstić information content (AvgIpc) is 3.10. The van der Waals surface area contributed by atoms with Crippen LogP contribution in [-0.2, 0) is 9.59 Å². The first-order chi connectivity index (χ1) is 15.0. The number of aromatic hydroxyl groups is 2. The van der Waals surface area contributed by atoms with Gasteiger partial charge in [-0.15, -0.1) is 0 Å². The van der Waals surface area contributed by atoms with Crippen LogP contribution in [-0.4, -0.2) is 34.1 Å². The third kappa shape index (κ3) is 2.43. The molecule has 0 bridgehead atoms. The number of amides is 6. The van der Waals surface area contributed by atoms with Crippen LogP contribution in [0.25, 0.3) is 0 Å². The Hall–Kier alpha value is -3.70. The molecule has 2 unspecified atom stereocenters. The standard InChI is InChI=1S/C20H12Cl2N4O6/c1-9-17(29)23-19(31)25(9,11-3-5-13(27)6-4-11)26(10(2)18(30)24-20(26)32)12-7-14(21)16(28)15(22)8-12/h3-8H,1-2H2,(H2-2,23,24,27,28,29,30,31,32)/p+2. The van der Waals surface area contributed by atoms with Gasteiger partial charge >= 0.3 is 23.9 Å². The average molecular weight is 477 g/mol. The summed E-state index contributed by atoms with van der Waals surface area (Å²) in [6.45, 7) is 7.44. The largest absolute Gasteiger partial charge is 0.508 e. The molecule has 0 saturated carbocycles. The number of phenols is 2. The van der Waals surface area contributed by atoms with E-state index in [4.69, 9.17) is 23.2 Å². The third-order valence-electron chi connectivity index (χ3n) is 5.38. The number of quaternary nitrogens is 2. The van der Waals surface area contributed by atoms with Gasteiger partial charge in [-0.1, -0.05) is 23.2 Å². The molecule has 2 fully saturated rings. The second-order valence-corrected chi connectivity index (χ2v) is 7.77. The molecule has 2 aromatic rings. The summed E-state index contributed by atoms with van der Waals surface area (Å²) in [6.07, 6.45) is 0. The monoisotopic (exact) mass is 476 g/mol. The molecule has 32 heavy (non-hydrogen) atoms. The van der Waals surface area contributed by atoms with Gasteiger partial charge in [-0.25, -0.2) is 10.6 Å². The Balaban J connectivity index is 2.23. The molecule has 162 valence electrons. The number of carbonyl (C=O) groups excluding carboxylic acids is 4. The van der Waals surface area contributed by atoms with E-state index in [2.05, 4.69) is 23.8 Å². The van der Waals surface area contributed by atoms with Crippen molar-refractivity contribution in [1.82, 2.24) is 19.8 Å². The van der Waals surface area contributed by atoms with Crippen LogP contribution in [0.3, 0.4) is 0 Å². The van der Waals surface area contributed by atoms with Crippen molar-refractivity contribution in [3.05, 3.63) is 71.0 Å². The minimum absolute atomic E-state index is 0.0116. The fourth-order valence-electron chi connectivity index (χ4n) is 3.97. The zero-order valence-electron chi connectivity index (χ0n) is 16.1. The summed E-state index contributed by atoms with van der Waals surface area (Å²) in [5, 5.41) is 23.4. The number of hydrogen-bond donors (Lipinski definition) is 4. The Kier molecular flexibility index (Phi) is 4.64. The topological polar surface area (TPSA) is 133 Å². The first-order valence-electron chi connectivity index (χ1n) is 8.87. The van der Waals surface area contributed by atoms with E-state index in [-0.39, 0.29) is 27.2 Å². The molecule has 0 spiro atoms. The van der Waals surface area contributed by atoms with E-state index >= 15 is 0 Å². The van der Waals surface area contributed by atoms with Gasteiger partial charge in [0, 0.05) is 24.3 Å². The van der Waals surface area contributed by atoms with Gasteiger partial charge in [-0.3, -0.25) is 9.59 Å². The van der Waals surface area contributed by atoms with Crippen molar-refractivity contribution < 1.29 is 29.4 Å². The summed E-state index contributed by atoms with van der Waals surface area (Å²) in [5.41, 5.74) is -1.05. The van der Waals surface area contributed by atoms with Gasteiger partial charge in [0.25, 0.3) is 11.4 Å². The minimum Gasteiger partial charge on any atom is -0.508 e. The number of nitrogens with zero attached hydrogens (tertiary/aromatic N) is 2. The van der Waals surface area contributed by atoms with Crippen LogP contribution < -0.4 is 19.8 Å². The molecule has 2 atom stereocenters. The molecule has 2 aromatic carbocycles. The number of urea groups is 2. The lowest BCUT2D eigenvalue weighted by molar-refractivity contribution is -0.117. The normalized spacial score (nSPS) is 25.3. The maximum absolute atomic E-state index is 13.5. The lowest BCUT2D eigenvalue weighted by atomic mass is 10.2. The van der Waals surface area contributed by atoms with Crippen LogP contribution in [0.4, 0.5) is 21.0 Å². The molecule has 0 aliphatic carbocycles.